The highest BCUT2D eigenvalue weighted by atomic mass is 19.1. The van der Waals surface area contributed by atoms with Crippen LogP contribution < -0.4 is 5.32 Å². The van der Waals surface area contributed by atoms with Gasteiger partial charge in [-0.3, -0.25) is 0 Å². The molecule has 1 unspecified atom stereocenters. The second-order valence-corrected chi connectivity index (χ2v) is 2.57. The molecule has 9 heavy (non-hydrogen) atoms. The van der Waals surface area contributed by atoms with Crippen molar-refractivity contribution in [2.45, 2.75) is 18.5 Å². The van der Waals surface area contributed by atoms with E-state index in [4.69, 9.17) is 0 Å². The number of hydrogen-bond donors (Lipinski definition) is 1. The molecule has 0 aromatic carbocycles. The van der Waals surface area contributed by atoms with E-state index in [0.29, 0.717) is 19.4 Å². The third-order valence-corrected chi connectivity index (χ3v) is 1.70. The molecule has 0 aliphatic carbocycles. The highest BCUT2D eigenvalue weighted by Gasteiger charge is 2.31. The van der Waals surface area contributed by atoms with Crippen LogP contribution in [0.15, 0.2) is 12.7 Å². The summed E-state index contributed by atoms with van der Waals surface area (Å²) in [4.78, 5) is 0. The fourth-order valence-electron chi connectivity index (χ4n) is 1.15. The summed E-state index contributed by atoms with van der Waals surface area (Å²) in [5.74, 6) is 0. The first-order chi connectivity index (χ1) is 4.27. The third kappa shape index (κ3) is 1.52. The number of hydrogen-bond acceptors (Lipinski definition) is 1. The standard InChI is InChI=1S/C7H12FN/c1-2-3-7(8)4-5-9-6-7/h2,9H,1,3-6H2. The Hall–Kier alpha value is -0.370. The van der Waals surface area contributed by atoms with Crippen molar-refractivity contribution in [3.05, 3.63) is 12.7 Å². The number of halogens is 1. The Morgan fingerprint density at radius 1 is 1.78 bits per heavy atom. The summed E-state index contributed by atoms with van der Waals surface area (Å²) in [6.07, 6.45) is 2.77. The predicted molar refractivity (Wildman–Crippen MR) is 36.1 cm³/mol. The van der Waals surface area contributed by atoms with E-state index in [0.717, 1.165) is 6.54 Å². The molecule has 0 aromatic heterocycles. The van der Waals surface area contributed by atoms with Gasteiger partial charge in [-0.25, -0.2) is 4.39 Å². The second kappa shape index (κ2) is 2.48. The first-order valence-corrected chi connectivity index (χ1v) is 3.27. The Morgan fingerprint density at radius 2 is 2.56 bits per heavy atom. The van der Waals surface area contributed by atoms with E-state index < -0.39 is 5.67 Å². The van der Waals surface area contributed by atoms with Crippen molar-refractivity contribution in [1.29, 1.82) is 0 Å². The minimum Gasteiger partial charge on any atom is -0.313 e. The van der Waals surface area contributed by atoms with Gasteiger partial charge in [-0.2, -0.15) is 0 Å². The van der Waals surface area contributed by atoms with Crippen molar-refractivity contribution in [3.8, 4) is 0 Å². The van der Waals surface area contributed by atoms with Crippen LogP contribution in [0, 0.1) is 0 Å². The normalized spacial score (nSPS) is 34.8. The molecule has 1 rings (SSSR count). The summed E-state index contributed by atoms with van der Waals surface area (Å²) in [7, 11) is 0. The van der Waals surface area contributed by atoms with Crippen LogP contribution in [0.25, 0.3) is 0 Å². The summed E-state index contributed by atoms with van der Waals surface area (Å²) in [6, 6.07) is 0. The lowest BCUT2D eigenvalue weighted by atomic mass is 10.0. The minimum absolute atomic E-state index is 0.486. The smallest absolute Gasteiger partial charge is 0.128 e. The maximum atomic E-state index is 13.2. The molecule has 1 aliphatic heterocycles. The highest BCUT2D eigenvalue weighted by Crippen LogP contribution is 2.23. The molecule has 0 bridgehead atoms. The lowest BCUT2D eigenvalue weighted by Crippen LogP contribution is -2.24. The average molecular weight is 129 g/mol. The van der Waals surface area contributed by atoms with Crippen LogP contribution in [0.1, 0.15) is 12.8 Å². The minimum atomic E-state index is -0.984. The molecular formula is C7H12FN. The van der Waals surface area contributed by atoms with Crippen molar-refractivity contribution in [3.63, 3.8) is 0 Å². The van der Waals surface area contributed by atoms with E-state index in [-0.39, 0.29) is 0 Å². The van der Waals surface area contributed by atoms with Gasteiger partial charge in [0.25, 0.3) is 0 Å². The van der Waals surface area contributed by atoms with Gasteiger partial charge in [0.2, 0.25) is 0 Å². The Labute approximate surface area is 54.9 Å². The van der Waals surface area contributed by atoms with Gasteiger partial charge in [-0.15, -0.1) is 6.58 Å². The van der Waals surface area contributed by atoms with Gasteiger partial charge in [-0.1, -0.05) is 6.08 Å². The lowest BCUT2D eigenvalue weighted by molar-refractivity contribution is 0.195. The van der Waals surface area contributed by atoms with Gasteiger partial charge in [-0.05, 0) is 13.0 Å². The number of allylic oxidation sites excluding steroid dienone is 1. The van der Waals surface area contributed by atoms with Gasteiger partial charge in [0.05, 0.1) is 0 Å². The summed E-state index contributed by atoms with van der Waals surface area (Å²) in [5, 5.41) is 2.97. The Kier molecular flexibility index (Phi) is 1.86. The predicted octanol–water partition coefficient (Wildman–Crippen LogP) is 1.26. The van der Waals surface area contributed by atoms with Gasteiger partial charge in [0.1, 0.15) is 5.67 Å². The molecule has 0 spiro atoms. The Bertz CT molecular complexity index is 105. The number of nitrogens with one attached hydrogen (secondary N) is 1. The molecule has 1 nitrogen and oxygen atoms in total. The fourth-order valence-corrected chi connectivity index (χ4v) is 1.15. The van der Waals surface area contributed by atoms with Crippen LogP contribution in [0.2, 0.25) is 0 Å². The quantitative estimate of drug-likeness (QED) is 0.553. The molecule has 52 valence electrons. The summed E-state index contributed by atoms with van der Waals surface area (Å²) in [5.41, 5.74) is -0.984. The topological polar surface area (TPSA) is 12.0 Å². The average Bonchev–Trinajstić information content (AvgIpc) is 2.16. The fraction of sp³-hybridized carbons (Fsp3) is 0.714. The van der Waals surface area contributed by atoms with Crippen molar-refractivity contribution < 1.29 is 4.39 Å². The van der Waals surface area contributed by atoms with E-state index in [1.165, 1.54) is 0 Å². The van der Waals surface area contributed by atoms with E-state index in [1.807, 2.05) is 0 Å². The SMILES string of the molecule is C=CCC1(F)CCNC1. The largest absolute Gasteiger partial charge is 0.313 e. The third-order valence-electron chi connectivity index (χ3n) is 1.70. The van der Waals surface area contributed by atoms with E-state index in [1.54, 1.807) is 6.08 Å². The van der Waals surface area contributed by atoms with Crippen LogP contribution in [-0.2, 0) is 0 Å². The molecule has 0 saturated carbocycles. The molecule has 1 heterocycles. The molecule has 1 atom stereocenters. The monoisotopic (exact) mass is 129 g/mol. The van der Waals surface area contributed by atoms with Crippen LogP contribution in [0.5, 0.6) is 0 Å². The van der Waals surface area contributed by atoms with E-state index in [2.05, 4.69) is 11.9 Å². The number of rotatable bonds is 2. The summed E-state index contributed by atoms with van der Waals surface area (Å²) >= 11 is 0. The van der Waals surface area contributed by atoms with E-state index >= 15 is 0 Å². The molecular weight excluding hydrogens is 117 g/mol. The molecule has 0 radical (unpaired) electrons. The summed E-state index contributed by atoms with van der Waals surface area (Å²) in [6.45, 7) is 4.81. The molecule has 1 aliphatic rings. The zero-order chi connectivity index (χ0) is 6.74. The molecule has 1 fully saturated rings. The second-order valence-electron chi connectivity index (χ2n) is 2.57. The Balaban J connectivity index is 2.40. The van der Waals surface area contributed by atoms with Crippen molar-refractivity contribution in [1.82, 2.24) is 5.32 Å². The molecule has 0 aromatic rings. The maximum Gasteiger partial charge on any atom is 0.128 e. The van der Waals surface area contributed by atoms with Crippen molar-refractivity contribution in [2.24, 2.45) is 0 Å². The van der Waals surface area contributed by atoms with Gasteiger partial charge in [0.15, 0.2) is 0 Å². The van der Waals surface area contributed by atoms with E-state index in [9.17, 15) is 4.39 Å². The lowest BCUT2D eigenvalue weighted by Gasteiger charge is -2.14. The van der Waals surface area contributed by atoms with Crippen LogP contribution in [0.4, 0.5) is 4.39 Å². The molecule has 1 saturated heterocycles. The summed E-state index contributed by atoms with van der Waals surface area (Å²) < 4.78 is 13.2. The maximum absolute atomic E-state index is 13.2. The van der Waals surface area contributed by atoms with Crippen molar-refractivity contribution >= 4 is 0 Å². The van der Waals surface area contributed by atoms with Gasteiger partial charge < -0.3 is 5.32 Å². The van der Waals surface area contributed by atoms with Crippen LogP contribution >= 0.6 is 0 Å². The highest BCUT2D eigenvalue weighted by molar-refractivity contribution is 4.93. The number of alkyl halides is 1. The first kappa shape index (κ1) is 6.75. The van der Waals surface area contributed by atoms with Crippen LogP contribution in [0.3, 0.4) is 0 Å². The molecule has 2 heteroatoms. The molecule has 0 amide bonds. The Morgan fingerprint density at radius 3 is 3.00 bits per heavy atom. The zero-order valence-corrected chi connectivity index (χ0v) is 5.49. The van der Waals surface area contributed by atoms with Crippen LogP contribution in [-0.4, -0.2) is 18.8 Å². The van der Waals surface area contributed by atoms with Gasteiger partial charge in [0, 0.05) is 13.0 Å². The molecule has 1 N–H and O–H groups in total. The first-order valence-electron chi connectivity index (χ1n) is 3.27. The van der Waals surface area contributed by atoms with Crippen molar-refractivity contribution in [2.75, 3.05) is 13.1 Å². The zero-order valence-electron chi connectivity index (χ0n) is 5.49. The van der Waals surface area contributed by atoms with Gasteiger partial charge >= 0.3 is 0 Å².